The second-order valence-corrected chi connectivity index (χ2v) is 6.52. The molecule has 0 aromatic heterocycles. The summed E-state index contributed by atoms with van der Waals surface area (Å²) >= 11 is 0. The van der Waals surface area contributed by atoms with E-state index in [9.17, 15) is 18.8 Å². The molecule has 1 heterocycles. The maximum atomic E-state index is 13.6. The minimum atomic E-state index is -0.617. The van der Waals surface area contributed by atoms with Crippen molar-refractivity contribution in [2.24, 2.45) is 0 Å². The van der Waals surface area contributed by atoms with Crippen molar-refractivity contribution < 1.29 is 18.8 Å². The van der Waals surface area contributed by atoms with Gasteiger partial charge in [0.25, 0.3) is 5.91 Å². The van der Waals surface area contributed by atoms with E-state index < -0.39 is 11.7 Å². The van der Waals surface area contributed by atoms with E-state index >= 15 is 0 Å². The number of halogens is 1. The van der Waals surface area contributed by atoms with Gasteiger partial charge in [0, 0.05) is 32.7 Å². The summed E-state index contributed by atoms with van der Waals surface area (Å²) in [6.45, 7) is 5.12. The number of carbonyl (C=O) groups is 3. The molecule has 1 aromatic rings. The maximum Gasteiger partial charge on any atom is 0.254 e. The molecule has 0 atom stereocenters. The molecule has 0 radical (unpaired) electrons. The lowest BCUT2D eigenvalue weighted by Gasteiger charge is -2.34. The molecule has 0 saturated carbocycles. The quantitative estimate of drug-likeness (QED) is 0.650. The average molecular weight is 378 g/mol. The zero-order chi connectivity index (χ0) is 19.6. The minimum Gasteiger partial charge on any atom is -0.355 e. The van der Waals surface area contributed by atoms with Gasteiger partial charge in [0.1, 0.15) is 5.82 Å². The van der Waals surface area contributed by atoms with Crippen LogP contribution in [0.3, 0.4) is 0 Å². The molecule has 1 aliphatic rings. The van der Waals surface area contributed by atoms with Crippen LogP contribution in [0, 0.1) is 5.82 Å². The summed E-state index contributed by atoms with van der Waals surface area (Å²) in [7, 11) is 0. The summed E-state index contributed by atoms with van der Waals surface area (Å²) in [6.07, 6.45) is 2.00. The molecule has 1 aromatic carbocycles. The third-order valence-corrected chi connectivity index (χ3v) is 4.46. The van der Waals surface area contributed by atoms with Gasteiger partial charge < -0.3 is 15.5 Å². The lowest BCUT2D eigenvalue weighted by molar-refractivity contribution is -0.132. The molecule has 27 heavy (non-hydrogen) atoms. The summed E-state index contributed by atoms with van der Waals surface area (Å²) in [6, 6.07) is 5.64. The molecule has 2 N–H and O–H groups in total. The van der Waals surface area contributed by atoms with E-state index in [1.54, 1.807) is 11.0 Å². The van der Waals surface area contributed by atoms with Gasteiger partial charge in [0.15, 0.2) is 0 Å². The normalized spacial score (nSPS) is 14.7. The summed E-state index contributed by atoms with van der Waals surface area (Å²) in [5.41, 5.74) is -0.0794. The Hall–Kier alpha value is -2.48. The Kier molecular flexibility index (Phi) is 8.19. The molecule has 0 bridgehead atoms. The Labute approximate surface area is 158 Å². The first-order valence-electron chi connectivity index (χ1n) is 9.30. The number of amides is 3. The summed E-state index contributed by atoms with van der Waals surface area (Å²) < 4.78 is 13.6. The highest BCUT2D eigenvalue weighted by molar-refractivity contribution is 5.96. The minimum absolute atomic E-state index is 0.000350. The predicted molar refractivity (Wildman–Crippen MR) is 99.7 cm³/mol. The van der Waals surface area contributed by atoms with Crippen molar-refractivity contribution in [2.45, 2.75) is 19.8 Å². The lowest BCUT2D eigenvalue weighted by atomic mass is 10.2. The highest BCUT2D eigenvalue weighted by atomic mass is 19.1. The number of nitrogens with one attached hydrogen (secondary N) is 2. The van der Waals surface area contributed by atoms with Crippen molar-refractivity contribution in [1.29, 1.82) is 0 Å². The molecular formula is C19H27FN4O3. The van der Waals surface area contributed by atoms with Crippen LogP contribution in [0.5, 0.6) is 0 Å². The monoisotopic (exact) mass is 378 g/mol. The van der Waals surface area contributed by atoms with Gasteiger partial charge in [-0.05, 0) is 18.6 Å². The number of benzene rings is 1. The molecule has 0 spiro atoms. The van der Waals surface area contributed by atoms with Crippen LogP contribution in [0.1, 0.15) is 30.1 Å². The predicted octanol–water partition coefficient (Wildman–Crippen LogP) is 0.616. The van der Waals surface area contributed by atoms with Crippen LogP contribution in [0.25, 0.3) is 0 Å². The molecule has 8 heteroatoms. The molecule has 1 aliphatic heterocycles. The van der Waals surface area contributed by atoms with Crippen molar-refractivity contribution in [3.8, 4) is 0 Å². The number of hydrogen-bond acceptors (Lipinski definition) is 4. The number of rotatable bonds is 8. The number of nitrogens with zero attached hydrogens (tertiary/aromatic N) is 2. The Morgan fingerprint density at radius 3 is 2.44 bits per heavy atom. The maximum absolute atomic E-state index is 13.6. The van der Waals surface area contributed by atoms with Crippen LogP contribution in [-0.2, 0) is 9.59 Å². The number of unbranched alkanes of at least 4 members (excludes halogenated alkanes) is 1. The first-order valence-corrected chi connectivity index (χ1v) is 9.30. The number of hydrogen-bond donors (Lipinski definition) is 2. The third kappa shape index (κ3) is 6.63. The van der Waals surface area contributed by atoms with Crippen LogP contribution >= 0.6 is 0 Å². The molecule has 7 nitrogen and oxygen atoms in total. The lowest BCUT2D eigenvalue weighted by Crippen LogP contribution is -2.53. The highest BCUT2D eigenvalue weighted by Crippen LogP contribution is 2.06. The van der Waals surface area contributed by atoms with Crippen molar-refractivity contribution >= 4 is 17.7 Å². The largest absolute Gasteiger partial charge is 0.355 e. The van der Waals surface area contributed by atoms with Gasteiger partial charge in [-0.25, -0.2) is 4.39 Å². The van der Waals surface area contributed by atoms with E-state index in [0.29, 0.717) is 39.3 Å². The fourth-order valence-electron chi connectivity index (χ4n) is 2.83. The van der Waals surface area contributed by atoms with Crippen LogP contribution in [0.15, 0.2) is 24.3 Å². The van der Waals surface area contributed by atoms with Gasteiger partial charge in [0.05, 0.1) is 18.7 Å². The Morgan fingerprint density at radius 2 is 1.78 bits per heavy atom. The van der Waals surface area contributed by atoms with Gasteiger partial charge in [-0.3, -0.25) is 19.3 Å². The highest BCUT2D eigenvalue weighted by Gasteiger charge is 2.23. The van der Waals surface area contributed by atoms with Gasteiger partial charge in [-0.15, -0.1) is 0 Å². The number of carbonyl (C=O) groups excluding carboxylic acids is 3. The van der Waals surface area contributed by atoms with Crippen LogP contribution in [0.4, 0.5) is 4.39 Å². The molecule has 2 rings (SSSR count). The van der Waals surface area contributed by atoms with Crippen LogP contribution in [-0.4, -0.2) is 73.3 Å². The molecule has 3 amide bonds. The van der Waals surface area contributed by atoms with E-state index in [1.165, 1.54) is 18.2 Å². The third-order valence-electron chi connectivity index (χ3n) is 4.46. The molecule has 0 aliphatic carbocycles. The summed E-state index contributed by atoms with van der Waals surface area (Å²) in [5.74, 6) is -1.44. The van der Waals surface area contributed by atoms with Crippen molar-refractivity contribution in [3.63, 3.8) is 0 Å². The average Bonchev–Trinajstić information content (AvgIpc) is 2.67. The summed E-state index contributed by atoms with van der Waals surface area (Å²) in [5, 5.41) is 5.34. The van der Waals surface area contributed by atoms with E-state index in [2.05, 4.69) is 17.6 Å². The fraction of sp³-hybridized carbons (Fsp3) is 0.526. The van der Waals surface area contributed by atoms with Gasteiger partial charge in [0.2, 0.25) is 11.8 Å². The van der Waals surface area contributed by atoms with E-state index in [-0.39, 0.29) is 23.9 Å². The topological polar surface area (TPSA) is 81.8 Å². The van der Waals surface area contributed by atoms with E-state index in [0.717, 1.165) is 12.8 Å². The SMILES string of the molecule is CCCCNC(=O)CN1CCN(C(=O)CNC(=O)c2ccccc2F)CC1. The second-order valence-electron chi connectivity index (χ2n) is 6.52. The first kappa shape index (κ1) is 20.8. The zero-order valence-corrected chi connectivity index (χ0v) is 15.7. The Bertz CT molecular complexity index is 660. The Morgan fingerprint density at radius 1 is 1.07 bits per heavy atom. The smallest absolute Gasteiger partial charge is 0.254 e. The molecule has 148 valence electrons. The van der Waals surface area contributed by atoms with E-state index in [4.69, 9.17) is 0 Å². The van der Waals surface area contributed by atoms with Gasteiger partial charge >= 0.3 is 0 Å². The molecule has 1 saturated heterocycles. The summed E-state index contributed by atoms with van der Waals surface area (Å²) in [4.78, 5) is 39.7. The van der Waals surface area contributed by atoms with Crippen molar-refractivity contribution in [2.75, 3.05) is 45.8 Å². The zero-order valence-electron chi connectivity index (χ0n) is 15.7. The van der Waals surface area contributed by atoms with Gasteiger partial charge in [-0.2, -0.15) is 0 Å². The number of piperazine rings is 1. The fourth-order valence-corrected chi connectivity index (χ4v) is 2.83. The van der Waals surface area contributed by atoms with Crippen LogP contribution in [0.2, 0.25) is 0 Å². The standard InChI is InChI=1S/C19H27FN4O3/c1-2-3-8-21-17(25)14-23-9-11-24(12-10-23)18(26)13-22-19(27)15-6-4-5-7-16(15)20/h4-7H,2-3,8-14H2,1H3,(H,21,25)(H,22,27). The molecule has 0 unspecified atom stereocenters. The second kappa shape index (κ2) is 10.6. The molecular weight excluding hydrogens is 351 g/mol. The van der Waals surface area contributed by atoms with E-state index in [1.807, 2.05) is 4.90 Å². The van der Waals surface area contributed by atoms with Crippen molar-refractivity contribution in [1.82, 2.24) is 20.4 Å². The Balaban J connectivity index is 1.69. The van der Waals surface area contributed by atoms with Crippen molar-refractivity contribution in [3.05, 3.63) is 35.6 Å². The van der Waals surface area contributed by atoms with Gasteiger partial charge in [-0.1, -0.05) is 25.5 Å². The first-order chi connectivity index (χ1) is 13.0. The van der Waals surface area contributed by atoms with Crippen LogP contribution < -0.4 is 10.6 Å². The molecule has 1 fully saturated rings.